The Kier molecular flexibility index (Phi) is 6.07. The largest absolute Gasteiger partial charge is 0.309 e. The van der Waals surface area contributed by atoms with Crippen LogP contribution in [0, 0.1) is 22.7 Å². The van der Waals surface area contributed by atoms with Crippen LogP contribution in [0.1, 0.15) is 11.1 Å². The van der Waals surface area contributed by atoms with Crippen LogP contribution in [0.5, 0.6) is 0 Å². The number of benzene rings is 5. The molecule has 9 rings (SSSR count). The van der Waals surface area contributed by atoms with Crippen molar-refractivity contribution >= 4 is 43.6 Å². The molecule has 222 valence electrons. The zero-order chi connectivity index (χ0) is 32.2. The second-order valence-corrected chi connectivity index (χ2v) is 11.5. The third-order valence-corrected chi connectivity index (χ3v) is 8.79. The van der Waals surface area contributed by atoms with Crippen molar-refractivity contribution in [2.75, 3.05) is 0 Å². The van der Waals surface area contributed by atoms with E-state index < -0.39 is 0 Å². The summed E-state index contributed by atoms with van der Waals surface area (Å²) < 4.78 is 4.57. The zero-order valence-corrected chi connectivity index (χ0v) is 25.3. The van der Waals surface area contributed by atoms with Gasteiger partial charge in [0.25, 0.3) is 0 Å². The van der Waals surface area contributed by atoms with Crippen molar-refractivity contribution in [3.05, 3.63) is 145 Å². The molecule has 0 aliphatic carbocycles. The molecule has 0 N–H and O–H groups in total. The van der Waals surface area contributed by atoms with Crippen LogP contribution in [0.4, 0.5) is 0 Å². The minimum Gasteiger partial charge on any atom is -0.309 e. The maximum absolute atomic E-state index is 9.44. The molecule has 48 heavy (non-hydrogen) atoms. The maximum Gasteiger partial charge on any atom is 0.161 e. The van der Waals surface area contributed by atoms with Gasteiger partial charge in [-0.15, -0.1) is 0 Å². The maximum atomic E-state index is 9.44. The van der Waals surface area contributed by atoms with E-state index in [0.717, 1.165) is 55.3 Å². The first-order valence-corrected chi connectivity index (χ1v) is 15.3. The average molecular weight is 615 g/mol. The Hall–Kier alpha value is -7.16. The second-order valence-electron chi connectivity index (χ2n) is 11.5. The SMILES string of the molecule is N#Cc1cnc(-c2ccc(-n3c4ccccc4c4ccc(-n5c6ccccc6c6ccccc65)cc43)c(-c3ncc(C#N)cn3)c2)nc1. The van der Waals surface area contributed by atoms with Crippen LogP contribution in [-0.2, 0) is 0 Å². The molecule has 4 heterocycles. The van der Waals surface area contributed by atoms with Crippen LogP contribution in [0.25, 0.3) is 77.8 Å². The van der Waals surface area contributed by atoms with E-state index in [-0.39, 0.29) is 0 Å². The summed E-state index contributed by atoms with van der Waals surface area (Å²) in [5, 5.41) is 23.3. The summed E-state index contributed by atoms with van der Waals surface area (Å²) in [6.45, 7) is 0. The molecule has 0 amide bonds. The van der Waals surface area contributed by atoms with Crippen LogP contribution >= 0.6 is 0 Å². The molecule has 0 atom stereocenters. The monoisotopic (exact) mass is 614 g/mol. The van der Waals surface area contributed by atoms with Crippen LogP contribution in [-0.4, -0.2) is 29.1 Å². The Bertz CT molecular complexity index is 2740. The van der Waals surface area contributed by atoms with Gasteiger partial charge in [-0.25, -0.2) is 19.9 Å². The van der Waals surface area contributed by atoms with Crippen LogP contribution < -0.4 is 0 Å². The van der Waals surface area contributed by atoms with E-state index in [9.17, 15) is 10.5 Å². The molecule has 0 saturated heterocycles. The molecule has 5 aromatic carbocycles. The van der Waals surface area contributed by atoms with Crippen molar-refractivity contribution in [3.63, 3.8) is 0 Å². The lowest BCUT2D eigenvalue weighted by Gasteiger charge is -2.15. The Balaban J connectivity index is 1.34. The molecular formula is C40H22N8. The molecule has 0 unspecified atom stereocenters. The highest BCUT2D eigenvalue weighted by atomic mass is 15.0. The predicted octanol–water partition coefficient (Wildman–Crippen LogP) is 8.54. The van der Waals surface area contributed by atoms with E-state index in [1.165, 1.54) is 35.6 Å². The van der Waals surface area contributed by atoms with Gasteiger partial charge in [-0.3, -0.25) is 0 Å². The fourth-order valence-corrected chi connectivity index (χ4v) is 6.67. The predicted molar refractivity (Wildman–Crippen MR) is 187 cm³/mol. The summed E-state index contributed by atoms with van der Waals surface area (Å²) in [6, 6.07) is 42.2. The standard InChI is InChI=1S/C40H22N8/c41-19-25-21-43-39(44-22-25)27-13-16-37(33(17-27)40-45-23-26(20-42)24-46-40)48-36-12-6-3-9-31(36)32-15-14-28(18-38(32)48)47-34-10-4-1-7-29(34)30-8-2-5-11-35(30)47/h1-18,21-24H. The Morgan fingerprint density at radius 3 is 1.52 bits per heavy atom. The summed E-state index contributed by atoms with van der Waals surface area (Å²) in [6.07, 6.45) is 6.08. The number of para-hydroxylation sites is 3. The van der Waals surface area contributed by atoms with E-state index in [1.807, 2.05) is 24.3 Å². The molecule has 0 aliphatic rings. The molecule has 8 heteroatoms. The molecule has 0 saturated carbocycles. The molecule has 4 aromatic heterocycles. The molecule has 0 bridgehead atoms. The number of hydrogen-bond acceptors (Lipinski definition) is 6. The zero-order valence-electron chi connectivity index (χ0n) is 25.3. The van der Waals surface area contributed by atoms with Crippen molar-refractivity contribution in [2.24, 2.45) is 0 Å². The number of hydrogen-bond donors (Lipinski definition) is 0. The highest BCUT2D eigenvalue weighted by Crippen LogP contribution is 2.39. The summed E-state index contributed by atoms with van der Waals surface area (Å²) in [5.74, 6) is 0.940. The van der Waals surface area contributed by atoms with Crippen molar-refractivity contribution in [2.45, 2.75) is 0 Å². The summed E-state index contributed by atoms with van der Waals surface area (Å²) in [5.41, 5.74) is 8.49. The van der Waals surface area contributed by atoms with E-state index >= 15 is 0 Å². The Morgan fingerprint density at radius 2 is 0.958 bits per heavy atom. The quantitative estimate of drug-likeness (QED) is 0.197. The summed E-state index contributed by atoms with van der Waals surface area (Å²) in [7, 11) is 0. The molecule has 0 spiro atoms. The number of aromatic nitrogens is 6. The van der Waals surface area contributed by atoms with Crippen LogP contribution in [0.2, 0.25) is 0 Å². The van der Waals surface area contributed by atoms with Crippen molar-refractivity contribution in [3.8, 4) is 46.3 Å². The highest BCUT2D eigenvalue weighted by Gasteiger charge is 2.20. The van der Waals surface area contributed by atoms with Gasteiger partial charge in [0.05, 0.1) is 38.9 Å². The van der Waals surface area contributed by atoms with E-state index in [4.69, 9.17) is 0 Å². The van der Waals surface area contributed by atoms with Gasteiger partial charge < -0.3 is 9.13 Å². The third kappa shape index (κ3) is 4.14. The normalized spacial score (nSPS) is 11.3. The number of rotatable bonds is 4. The number of nitriles is 2. The van der Waals surface area contributed by atoms with Crippen molar-refractivity contribution in [1.29, 1.82) is 10.5 Å². The van der Waals surface area contributed by atoms with Gasteiger partial charge in [-0.05, 0) is 48.5 Å². The fourth-order valence-electron chi connectivity index (χ4n) is 6.67. The smallest absolute Gasteiger partial charge is 0.161 e. The van der Waals surface area contributed by atoms with Gasteiger partial charge in [0.2, 0.25) is 0 Å². The second kappa shape index (κ2) is 10.7. The molecule has 0 radical (unpaired) electrons. The summed E-state index contributed by atoms with van der Waals surface area (Å²) >= 11 is 0. The molecule has 0 fully saturated rings. The Morgan fingerprint density at radius 1 is 0.458 bits per heavy atom. The molecule has 8 nitrogen and oxygen atoms in total. The van der Waals surface area contributed by atoms with Gasteiger partial charge in [-0.1, -0.05) is 60.7 Å². The average Bonchev–Trinajstić information content (AvgIpc) is 3.67. The molecule has 0 aliphatic heterocycles. The highest BCUT2D eigenvalue weighted by molar-refractivity contribution is 6.12. The van der Waals surface area contributed by atoms with Gasteiger partial charge in [0, 0.05) is 63.1 Å². The van der Waals surface area contributed by atoms with E-state index in [1.54, 1.807) is 0 Å². The lowest BCUT2D eigenvalue weighted by molar-refractivity contribution is 1.12. The third-order valence-electron chi connectivity index (χ3n) is 8.79. The van der Waals surface area contributed by atoms with Crippen molar-refractivity contribution < 1.29 is 0 Å². The number of fused-ring (bicyclic) bond motifs is 6. The lowest BCUT2D eigenvalue weighted by atomic mass is 10.1. The van der Waals surface area contributed by atoms with Gasteiger partial charge in [0.1, 0.15) is 12.1 Å². The first-order chi connectivity index (χ1) is 23.7. The topological polar surface area (TPSA) is 109 Å². The van der Waals surface area contributed by atoms with E-state index in [2.05, 4.69) is 126 Å². The van der Waals surface area contributed by atoms with E-state index in [0.29, 0.717) is 22.8 Å². The number of nitrogens with zero attached hydrogens (tertiary/aromatic N) is 8. The lowest BCUT2D eigenvalue weighted by Crippen LogP contribution is -2.02. The first-order valence-electron chi connectivity index (χ1n) is 15.3. The van der Waals surface area contributed by atoms with Gasteiger partial charge in [0.15, 0.2) is 11.6 Å². The minimum atomic E-state index is 0.375. The summed E-state index contributed by atoms with van der Waals surface area (Å²) in [4.78, 5) is 18.1. The van der Waals surface area contributed by atoms with Gasteiger partial charge in [-0.2, -0.15) is 10.5 Å². The molecular weight excluding hydrogens is 592 g/mol. The molecule has 9 aromatic rings. The minimum absolute atomic E-state index is 0.375. The van der Waals surface area contributed by atoms with Crippen LogP contribution in [0.15, 0.2) is 134 Å². The Labute approximate surface area is 274 Å². The van der Waals surface area contributed by atoms with Crippen molar-refractivity contribution in [1.82, 2.24) is 29.1 Å². The first kappa shape index (κ1) is 27.2. The van der Waals surface area contributed by atoms with Crippen LogP contribution in [0.3, 0.4) is 0 Å². The van der Waals surface area contributed by atoms with Gasteiger partial charge >= 0.3 is 0 Å². The fraction of sp³-hybridized carbons (Fsp3) is 0.